The molecule has 0 bridgehead atoms. The fourth-order valence-corrected chi connectivity index (χ4v) is 2.63. The van der Waals surface area contributed by atoms with Crippen molar-refractivity contribution in [2.75, 3.05) is 6.54 Å². The molecule has 4 nitrogen and oxygen atoms in total. The van der Waals surface area contributed by atoms with Crippen molar-refractivity contribution >= 4 is 29.7 Å². The van der Waals surface area contributed by atoms with Gasteiger partial charge in [-0.2, -0.15) is 0 Å². The lowest BCUT2D eigenvalue weighted by atomic mass is 10.2. The second kappa shape index (κ2) is 6.33. The number of carbonyl (C=O) groups excluding carboxylic acids is 1. The van der Waals surface area contributed by atoms with E-state index in [4.69, 9.17) is 0 Å². The Morgan fingerprint density at radius 2 is 2.47 bits per heavy atom. The van der Waals surface area contributed by atoms with E-state index in [0.29, 0.717) is 0 Å². The van der Waals surface area contributed by atoms with Crippen molar-refractivity contribution in [3.05, 3.63) is 16.1 Å². The summed E-state index contributed by atoms with van der Waals surface area (Å²) in [6.45, 7) is 4.95. The third-order valence-corrected chi connectivity index (χ3v) is 3.84. The molecule has 2 atom stereocenters. The van der Waals surface area contributed by atoms with Gasteiger partial charge < -0.3 is 10.6 Å². The Balaban J connectivity index is 0.00000144. The summed E-state index contributed by atoms with van der Waals surface area (Å²) < 4.78 is 0. The molecule has 6 heteroatoms. The van der Waals surface area contributed by atoms with Crippen LogP contribution in [0.15, 0.2) is 6.20 Å². The lowest BCUT2D eigenvalue weighted by Crippen LogP contribution is -2.41. The van der Waals surface area contributed by atoms with Crippen LogP contribution in [-0.2, 0) is 4.79 Å². The van der Waals surface area contributed by atoms with Crippen LogP contribution in [0.3, 0.4) is 0 Å². The van der Waals surface area contributed by atoms with E-state index in [-0.39, 0.29) is 30.4 Å². The molecule has 1 aliphatic rings. The van der Waals surface area contributed by atoms with Crippen molar-refractivity contribution < 1.29 is 4.79 Å². The summed E-state index contributed by atoms with van der Waals surface area (Å²) in [7, 11) is 0. The second-order valence-electron chi connectivity index (χ2n) is 4.19. The smallest absolute Gasteiger partial charge is 0.237 e. The lowest BCUT2D eigenvalue weighted by molar-refractivity contribution is -0.123. The zero-order valence-corrected chi connectivity index (χ0v) is 11.7. The molecule has 0 aromatic carbocycles. The summed E-state index contributed by atoms with van der Waals surface area (Å²) in [6.07, 6.45) is 3.87. The van der Waals surface area contributed by atoms with E-state index in [1.165, 1.54) is 4.88 Å². The average Bonchev–Trinajstić information content (AvgIpc) is 2.87. The van der Waals surface area contributed by atoms with Crippen LogP contribution in [-0.4, -0.2) is 23.5 Å². The minimum absolute atomic E-state index is 0. The van der Waals surface area contributed by atoms with Gasteiger partial charge in [0.05, 0.1) is 12.1 Å². The van der Waals surface area contributed by atoms with Crippen LogP contribution in [0.25, 0.3) is 0 Å². The maximum atomic E-state index is 11.8. The predicted molar refractivity (Wildman–Crippen MR) is 71.7 cm³/mol. The Morgan fingerprint density at radius 3 is 3.00 bits per heavy atom. The van der Waals surface area contributed by atoms with Crippen LogP contribution in [0.5, 0.6) is 0 Å². The molecule has 0 aliphatic carbocycles. The normalized spacial score (nSPS) is 20.7. The third-order valence-electron chi connectivity index (χ3n) is 2.75. The number of hydrogen-bond donors (Lipinski definition) is 2. The van der Waals surface area contributed by atoms with Crippen LogP contribution in [0.4, 0.5) is 0 Å². The fourth-order valence-electron chi connectivity index (χ4n) is 1.86. The largest absolute Gasteiger partial charge is 0.346 e. The zero-order chi connectivity index (χ0) is 11.5. The Morgan fingerprint density at radius 1 is 1.71 bits per heavy atom. The van der Waals surface area contributed by atoms with E-state index in [1.807, 2.05) is 20.0 Å². The molecule has 2 unspecified atom stereocenters. The second-order valence-corrected chi connectivity index (χ2v) is 5.45. The van der Waals surface area contributed by atoms with Gasteiger partial charge in [-0.05, 0) is 33.2 Å². The van der Waals surface area contributed by atoms with Crippen molar-refractivity contribution in [1.29, 1.82) is 0 Å². The molecule has 1 fully saturated rings. The number of aryl methyl sites for hydroxylation is 1. The predicted octanol–water partition coefficient (Wildman–Crippen LogP) is 1.80. The van der Waals surface area contributed by atoms with Crippen molar-refractivity contribution in [2.24, 2.45) is 0 Å². The molecule has 1 amide bonds. The zero-order valence-electron chi connectivity index (χ0n) is 10.0. The van der Waals surface area contributed by atoms with Crippen LogP contribution in [0.2, 0.25) is 0 Å². The number of nitrogens with one attached hydrogen (secondary N) is 2. The highest BCUT2D eigenvalue weighted by Crippen LogP contribution is 2.19. The molecule has 17 heavy (non-hydrogen) atoms. The van der Waals surface area contributed by atoms with E-state index in [9.17, 15) is 4.79 Å². The van der Waals surface area contributed by atoms with Crippen molar-refractivity contribution in [3.8, 4) is 0 Å². The number of nitrogens with zero attached hydrogens (tertiary/aromatic N) is 1. The van der Waals surface area contributed by atoms with Crippen LogP contribution in [0.1, 0.15) is 35.7 Å². The molecule has 1 aromatic rings. The van der Waals surface area contributed by atoms with Gasteiger partial charge in [-0.15, -0.1) is 23.7 Å². The van der Waals surface area contributed by atoms with Gasteiger partial charge in [-0.25, -0.2) is 4.98 Å². The summed E-state index contributed by atoms with van der Waals surface area (Å²) in [4.78, 5) is 17.3. The van der Waals surface area contributed by atoms with Crippen LogP contribution >= 0.6 is 23.7 Å². The SMILES string of the molecule is Cc1cnc(C(C)NC(=O)C2CCCN2)s1.Cl. The molecule has 2 N–H and O–H groups in total. The van der Waals surface area contributed by atoms with E-state index in [0.717, 1.165) is 24.4 Å². The minimum Gasteiger partial charge on any atom is -0.346 e. The monoisotopic (exact) mass is 275 g/mol. The molecular formula is C11H18ClN3OS. The standard InChI is InChI=1S/C11H17N3OS.ClH/c1-7-6-13-11(16-7)8(2)14-10(15)9-4-3-5-12-9;/h6,8-9,12H,3-5H2,1-2H3,(H,14,15);1H. The third kappa shape index (κ3) is 3.66. The highest BCUT2D eigenvalue weighted by Gasteiger charge is 2.23. The summed E-state index contributed by atoms with van der Waals surface area (Å²) >= 11 is 1.63. The Labute approximate surface area is 112 Å². The summed E-state index contributed by atoms with van der Waals surface area (Å²) in [5, 5.41) is 7.16. The number of aromatic nitrogens is 1. The number of halogens is 1. The molecule has 0 saturated carbocycles. The van der Waals surface area contributed by atoms with Crippen LogP contribution in [0, 0.1) is 6.92 Å². The highest BCUT2D eigenvalue weighted by molar-refractivity contribution is 7.11. The van der Waals surface area contributed by atoms with Gasteiger partial charge in [0.25, 0.3) is 0 Å². The first-order valence-electron chi connectivity index (χ1n) is 5.63. The maximum absolute atomic E-state index is 11.8. The Bertz CT molecular complexity index is 377. The van der Waals surface area contributed by atoms with Gasteiger partial charge in [0.1, 0.15) is 5.01 Å². The topological polar surface area (TPSA) is 54.0 Å². The molecule has 2 rings (SSSR count). The summed E-state index contributed by atoms with van der Waals surface area (Å²) in [6, 6.07) is -0.00268. The quantitative estimate of drug-likeness (QED) is 0.885. The molecule has 96 valence electrons. The van der Waals surface area contributed by atoms with Gasteiger partial charge in [-0.3, -0.25) is 4.79 Å². The van der Waals surface area contributed by atoms with E-state index < -0.39 is 0 Å². The first-order valence-corrected chi connectivity index (χ1v) is 6.44. The van der Waals surface area contributed by atoms with Crippen molar-refractivity contribution in [2.45, 2.75) is 38.8 Å². The van der Waals surface area contributed by atoms with Crippen molar-refractivity contribution in [3.63, 3.8) is 0 Å². The molecular weight excluding hydrogens is 258 g/mol. The van der Waals surface area contributed by atoms with Crippen LogP contribution < -0.4 is 10.6 Å². The highest BCUT2D eigenvalue weighted by atomic mass is 35.5. The summed E-state index contributed by atoms with van der Waals surface area (Å²) in [5.74, 6) is 0.0952. The van der Waals surface area contributed by atoms with Gasteiger partial charge in [0, 0.05) is 11.1 Å². The van der Waals surface area contributed by atoms with E-state index in [1.54, 1.807) is 11.3 Å². The number of carbonyl (C=O) groups is 1. The van der Waals surface area contributed by atoms with E-state index >= 15 is 0 Å². The Hall–Kier alpha value is -0.650. The minimum atomic E-state index is -0.0106. The number of thiazole rings is 1. The fraction of sp³-hybridized carbons (Fsp3) is 0.636. The van der Waals surface area contributed by atoms with Gasteiger partial charge in [-0.1, -0.05) is 0 Å². The van der Waals surface area contributed by atoms with Crippen molar-refractivity contribution in [1.82, 2.24) is 15.6 Å². The first-order chi connectivity index (χ1) is 7.66. The van der Waals surface area contributed by atoms with Gasteiger partial charge in [0.2, 0.25) is 5.91 Å². The molecule has 1 saturated heterocycles. The number of hydrogen-bond acceptors (Lipinski definition) is 4. The maximum Gasteiger partial charge on any atom is 0.237 e. The Kier molecular flexibility index (Phi) is 5.36. The lowest BCUT2D eigenvalue weighted by Gasteiger charge is -2.15. The summed E-state index contributed by atoms with van der Waals surface area (Å²) in [5.41, 5.74) is 0. The molecule has 1 aromatic heterocycles. The molecule has 2 heterocycles. The first kappa shape index (κ1) is 14.4. The van der Waals surface area contributed by atoms with E-state index in [2.05, 4.69) is 15.6 Å². The number of amides is 1. The number of rotatable bonds is 3. The van der Waals surface area contributed by atoms with Gasteiger partial charge in [0.15, 0.2) is 0 Å². The average molecular weight is 276 g/mol. The molecule has 0 spiro atoms. The molecule has 1 aliphatic heterocycles. The molecule has 0 radical (unpaired) electrons. The van der Waals surface area contributed by atoms with Gasteiger partial charge >= 0.3 is 0 Å².